The van der Waals surface area contributed by atoms with Crippen molar-refractivity contribution in [2.75, 3.05) is 0 Å². The standard InChI is InChI=1S/C17H16N4O4/c1-9-14(10(2)20-19-9)15(17(23)24)18-16(22)12-8-13(25-21-12)11-6-4-3-5-7-11/h3-8,15H,1-2H3,(H,18,22)(H,19,20)(H,23,24). The average molecular weight is 340 g/mol. The fourth-order valence-corrected chi connectivity index (χ4v) is 2.57. The second-order valence-electron chi connectivity index (χ2n) is 5.53. The number of aromatic nitrogens is 3. The van der Waals surface area contributed by atoms with Gasteiger partial charge in [-0.05, 0) is 13.8 Å². The highest BCUT2D eigenvalue weighted by molar-refractivity contribution is 5.96. The van der Waals surface area contributed by atoms with Crippen molar-refractivity contribution in [2.45, 2.75) is 19.9 Å². The number of carboxylic acid groups (broad SMARTS) is 1. The summed E-state index contributed by atoms with van der Waals surface area (Å²) in [7, 11) is 0. The number of carbonyl (C=O) groups is 2. The molecule has 3 N–H and O–H groups in total. The first-order chi connectivity index (χ1) is 12.0. The molecular weight excluding hydrogens is 324 g/mol. The third kappa shape index (κ3) is 3.27. The van der Waals surface area contributed by atoms with E-state index in [0.717, 1.165) is 5.56 Å². The Hall–Kier alpha value is -3.42. The number of hydrogen-bond donors (Lipinski definition) is 3. The number of amides is 1. The van der Waals surface area contributed by atoms with Crippen LogP contribution in [0.25, 0.3) is 11.3 Å². The molecule has 0 fully saturated rings. The summed E-state index contributed by atoms with van der Waals surface area (Å²) < 4.78 is 5.18. The molecule has 0 saturated carbocycles. The van der Waals surface area contributed by atoms with Crippen LogP contribution in [0.2, 0.25) is 0 Å². The van der Waals surface area contributed by atoms with Crippen molar-refractivity contribution in [1.82, 2.24) is 20.7 Å². The second kappa shape index (κ2) is 6.60. The highest BCUT2D eigenvalue weighted by Gasteiger charge is 2.28. The first-order valence-corrected chi connectivity index (χ1v) is 7.54. The van der Waals surface area contributed by atoms with Crippen LogP contribution in [0.3, 0.4) is 0 Å². The van der Waals surface area contributed by atoms with Crippen LogP contribution in [0.1, 0.15) is 33.5 Å². The zero-order valence-electron chi connectivity index (χ0n) is 13.6. The monoisotopic (exact) mass is 340 g/mol. The van der Waals surface area contributed by atoms with Gasteiger partial charge in [0.15, 0.2) is 17.5 Å². The maximum Gasteiger partial charge on any atom is 0.331 e. The van der Waals surface area contributed by atoms with Crippen LogP contribution < -0.4 is 5.32 Å². The summed E-state index contributed by atoms with van der Waals surface area (Å²) in [4.78, 5) is 24.0. The van der Waals surface area contributed by atoms with Crippen LogP contribution in [-0.4, -0.2) is 32.3 Å². The Balaban J connectivity index is 1.83. The molecule has 1 atom stereocenters. The summed E-state index contributed by atoms with van der Waals surface area (Å²) in [5.74, 6) is -1.40. The van der Waals surface area contributed by atoms with E-state index in [2.05, 4.69) is 20.7 Å². The molecule has 2 aromatic heterocycles. The number of nitrogens with zero attached hydrogens (tertiary/aromatic N) is 2. The van der Waals surface area contributed by atoms with Gasteiger partial charge in [-0.2, -0.15) is 5.10 Å². The number of H-pyrrole nitrogens is 1. The molecule has 128 valence electrons. The lowest BCUT2D eigenvalue weighted by molar-refractivity contribution is -0.139. The van der Waals surface area contributed by atoms with E-state index in [-0.39, 0.29) is 5.69 Å². The van der Waals surface area contributed by atoms with Gasteiger partial charge in [-0.3, -0.25) is 9.89 Å². The number of aliphatic carboxylic acids is 1. The second-order valence-corrected chi connectivity index (χ2v) is 5.53. The van der Waals surface area contributed by atoms with Gasteiger partial charge in [0.2, 0.25) is 0 Å². The summed E-state index contributed by atoms with van der Waals surface area (Å²) in [6.45, 7) is 3.37. The van der Waals surface area contributed by atoms with Gasteiger partial charge >= 0.3 is 5.97 Å². The van der Waals surface area contributed by atoms with Gasteiger partial charge < -0.3 is 14.9 Å². The molecule has 0 aliphatic carbocycles. The van der Waals surface area contributed by atoms with Crippen LogP contribution in [0.4, 0.5) is 0 Å². The minimum absolute atomic E-state index is 0.00361. The van der Waals surface area contributed by atoms with E-state index in [9.17, 15) is 14.7 Å². The molecule has 0 bridgehead atoms. The van der Waals surface area contributed by atoms with Crippen LogP contribution >= 0.6 is 0 Å². The molecule has 0 aliphatic rings. The van der Waals surface area contributed by atoms with E-state index in [0.29, 0.717) is 22.7 Å². The molecule has 1 unspecified atom stereocenters. The molecule has 3 aromatic rings. The number of benzene rings is 1. The Morgan fingerprint density at radius 1 is 1.24 bits per heavy atom. The molecule has 0 saturated heterocycles. The van der Waals surface area contributed by atoms with E-state index in [1.54, 1.807) is 13.8 Å². The summed E-state index contributed by atoms with van der Waals surface area (Å²) in [5.41, 5.74) is 2.28. The zero-order chi connectivity index (χ0) is 18.0. The molecule has 8 nitrogen and oxygen atoms in total. The van der Waals surface area contributed by atoms with Gasteiger partial charge in [-0.15, -0.1) is 0 Å². The third-order valence-corrected chi connectivity index (χ3v) is 3.80. The van der Waals surface area contributed by atoms with Crippen LogP contribution in [0.15, 0.2) is 40.9 Å². The predicted molar refractivity (Wildman–Crippen MR) is 87.8 cm³/mol. The van der Waals surface area contributed by atoms with Gasteiger partial charge in [0.1, 0.15) is 0 Å². The van der Waals surface area contributed by atoms with Gasteiger partial charge in [-0.1, -0.05) is 35.5 Å². The Bertz CT molecular complexity index is 894. The minimum atomic E-state index is -1.23. The fourth-order valence-electron chi connectivity index (χ4n) is 2.57. The van der Waals surface area contributed by atoms with E-state index in [1.165, 1.54) is 6.07 Å². The summed E-state index contributed by atoms with van der Waals surface area (Å²) >= 11 is 0. The number of carbonyl (C=O) groups excluding carboxylic acids is 1. The van der Waals surface area contributed by atoms with Gasteiger partial charge in [0.05, 0.1) is 5.69 Å². The maximum atomic E-state index is 12.4. The maximum absolute atomic E-state index is 12.4. The number of hydrogen-bond acceptors (Lipinski definition) is 5. The van der Waals surface area contributed by atoms with Crippen LogP contribution in [0, 0.1) is 13.8 Å². The first-order valence-electron chi connectivity index (χ1n) is 7.54. The van der Waals surface area contributed by atoms with Crippen molar-refractivity contribution in [3.63, 3.8) is 0 Å². The number of aryl methyl sites for hydroxylation is 2. The number of nitrogens with one attached hydrogen (secondary N) is 2. The Kier molecular flexibility index (Phi) is 4.34. The van der Waals surface area contributed by atoms with E-state index >= 15 is 0 Å². The molecule has 2 heterocycles. The van der Waals surface area contributed by atoms with Crippen molar-refractivity contribution in [3.05, 3.63) is 59.0 Å². The van der Waals surface area contributed by atoms with E-state index < -0.39 is 17.9 Å². The van der Waals surface area contributed by atoms with Gasteiger partial charge in [-0.25, -0.2) is 4.79 Å². The Morgan fingerprint density at radius 2 is 1.96 bits per heavy atom. The lowest BCUT2D eigenvalue weighted by atomic mass is 10.0. The largest absolute Gasteiger partial charge is 0.479 e. The SMILES string of the molecule is Cc1n[nH]c(C)c1C(NC(=O)c1cc(-c2ccccc2)on1)C(=O)O. The van der Waals surface area contributed by atoms with E-state index in [4.69, 9.17) is 4.52 Å². The highest BCUT2D eigenvalue weighted by Crippen LogP contribution is 2.22. The molecule has 0 spiro atoms. The number of carboxylic acids is 1. The van der Waals surface area contributed by atoms with Crippen molar-refractivity contribution in [3.8, 4) is 11.3 Å². The van der Waals surface area contributed by atoms with E-state index in [1.807, 2.05) is 30.3 Å². The fraction of sp³-hybridized carbons (Fsp3) is 0.176. The quantitative estimate of drug-likeness (QED) is 0.655. The molecule has 0 radical (unpaired) electrons. The molecule has 1 aromatic carbocycles. The molecule has 8 heteroatoms. The lowest BCUT2D eigenvalue weighted by Crippen LogP contribution is -2.34. The molecular formula is C17H16N4O4. The van der Waals surface area contributed by atoms with Crippen molar-refractivity contribution in [2.24, 2.45) is 0 Å². The molecule has 1 amide bonds. The third-order valence-electron chi connectivity index (χ3n) is 3.80. The summed E-state index contributed by atoms with van der Waals surface area (Å²) in [6, 6.07) is 9.41. The smallest absolute Gasteiger partial charge is 0.331 e. The molecule has 25 heavy (non-hydrogen) atoms. The zero-order valence-corrected chi connectivity index (χ0v) is 13.6. The van der Waals surface area contributed by atoms with Crippen molar-refractivity contribution < 1.29 is 19.2 Å². The minimum Gasteiger partial charge on any atom is -0.479 e. The Morgan fingerprint density at radius 3 is 2.56 bits per heavy atom. The lowest BCUT2D eigenvalue weighted by Gasteiger charge is -2.14. The Labute approximate surface area is 142 Å². The first kappa shape index (κ1) is 16.4. The van der Waals surface area contributed by atoms with Gasteiger partial charge in [0, 0.05) is 22.9 Å². The normalized spacial score (nSPS) is 11.9. The average Bonchev–Trinajstić information content (AvgIpc) is 3.21. The summed E-state index contributed by atoms with van der Waals surface area (Å²) in [6.07, 6.45) is 0. The van der Waals surface area contributed by atoms with Gasteiger partial charge in [0.25, 0.3) is 5.91 Å². The number of rotatable bonds is 5. The molecule has 0 aliphatic heterocycles. The topological polar surface area (TPSA) is 121 Å². The summed E-state index contributed by atoms with van der Waals surface area (Å²) in [5, 5.41) is 22.3. The van der Waals surface area contributed by atoms with Crippen molar-refractivity contribution in [1.29, 1.82) is 0 Å². The van der Waals surface area contributed by atoms with Crippen LogP contribution in [0.5, 0.6) is 0 Å². The van der Waals surface area contributed by atoms with Crippen LogP contribution in [-0.2, 0) is 4.79 Å². The number of aromatic amines is 1. The highest BCUT2D eigenvalue weighted by atomic mass is 16.5. The van der Waals surface area contributed by atoms with Crippen molar-refractivity contribution >= 4 is 11.9 Å². The molecule has 3 rings (SSSR count). The predicted octanol–water partition coefficient (Wildman–Crippen LogP) is 2.24.